The lowest BCUT2D eigenvalue weighted by Gasteiger charge is -2.24. The fraction of sp³-hybridized carbons (Fsp3) is 0.867. The Labute approximate surface area is 121 Å². The summed E-state index contributed by atoms with van der Waals surface area (Å²) in [4.78, 5) is 22.8. The van der Waals surface area contributed by atoms with Crippen LogP contribution in [0.1, 0.15) is 52.9 Å². The molecule has 1 rings (SSSR count). The van der Waals surface area contributed by atoms with Crippen LogP contribution in [0, 0.1) is 17.3 Å². The largest absolute Gasteiger partial charge is 0.481 e. The molecule has 1 atom stereocenters. The first-order valence-electron chi connectivity index (χ1n) is 7.57. The maximum Gasteiger partial charge on any atom is 0.314 e. The Hall–Kier alpha value is -1.26. The molecule has 1 unspecified atom stereocenters. The summed E-state index contributed by atoms with van der Waals surface area (Å²) < 4.78 is 0. The maximum absolute atomic E-state index is 11.7. The zero-order valence-corrected chi connectivity index (χ0v) is 12.9. The smallest absolute Gasteiger partial charge is 0.314 e. The number of hydrogen-bond donors (Lipinski definition) is 3. The molecule has 3 N–H and O–H groups in total. The van der Waals surface area contributed by atoms with Gasteiger partial charge in [-0.25, -0.2) is 4.79 Å². The van der Waals surface area contributed by atoms with Crippen molar-refractivity contribution >= 4 is 12.0 Å². The summed E-state index contributed by atoms with van der Waals surface area (Å²) in [7, 11) is 0. The minimum atomic E-state index is -0.846. The van der Waals surface area contributed by atoms with Crippen molar-refractivity contribution in [2.24, 2.45) is 17.3 Å². The van der Waals surface area contributed by atoms with Gasteiger partial charge in [0.15, 0.2) is 0 Å². The number of carbonyl (C=O) groups is 2. The fourth-order valence-corrected chi connectivity index (χ4v) is 2.82. The number of amides is 2. The Morgan fingerprint density at radius 3 is 2.30 bits per heavy atom. The van der Waals surface area contributed by atoms with Crippen LogP contribution in [0.25, 0.3) is 0 Å². The van der Waals surface area contributed by atoms with Crippen molar-refractivity contribution < 1.29 is 14.7 Å². The number of rotatable bonds is 7. The highest BCUT2D eigenvalue weighted by Crippen LogP contribution is 2.36. The van der Waals surface area contributed by atoms with Gasteiger partial charge in [0.05, 0.1) is 5.92 Å². The quantitative estimate of drug-likeness (QED) is 0.672. The molecule has 0 aliphatic heterocycles. The molecule has 0 saturated heterocycles. The molecule has 0 radical (unpaired) electrons. The molecule has 1 aliphatic rings. The van der Waals surface area contributed by atoms with Crippen LogP contribution < -0.4 is 10.6 Å². The van der Waals surface area contributed by atoms with Gasteiger partial charge in [-0.1, -0.05) is 33.6 Å². The summed E-state index contributed by atoms with van der Waals surface area (Å²) in [6, 6.07) is -0.256. The van der Waals surface area contributed by atoms with E-state index < -0.39 is 11.9 Å². The lowest BCUT2D eigenvalue weighted by Crippen LogP contribution is -2.43. The van der Waals surface area contributed by atoms with Crippen LogP contribution in [0.2, 0.25) is 0 Å². The van der Waals surface area contributed by atoms with Crippen molar-refractivity contribution in [1.82, 2.24) is 10.6 Å². The first-order chi connectivity index (χ1) is 9.32. The molecule has 5 nitrogen and oxygen atoms in total. The number of aliphatic carboxylic acids is 1. The van der Waals surface area contributed by atoms with Crippen LogP contribution in [-0.2, 0) is 4.79 Å². The van der Waals surface area contributed by atoms with Gasteiger partial charge in [-0.15, -0.1) is 0 Å². The molecule has 20 heavy (non-hydrogen) atoms. The number of nitrogens with one attached hydrogen (secondary N) is 2. The molecule has 0 aromatic heterocycles. The van der Waals surface area contributed by atoms with Crippen molar-refractivity contribution in [2.45, 2.75) is 52.9 Å². The molecule has 116 valence electrons. The lowest BCUT2D eigenvalue weighted by molar-refractivity contribution is -0.142. The van der Waals surface area contributed by atoms with E-state index in [0.717, 1.165) is 12.8 Å². The molecular formula is C15H28N2O3. The standard InChI is InChI=1S/C15H28N2O3/c1-11(2)8-12(13(18)19)9-16-14(20)17-10-15(3)6-4-5-7-15/h11-12H,4-10H2,1-3H3,(H,18,19)(H2,16,17,20). The number of urea groups is 1. The minimum Gasteiger partial charge on any atom is -0.481 e. The van der Waals surface area contributed by atoms with E-state index in [1.54, 1.807) is 0 Å². The summed E-state index contributed by atoms with van der Waals surface area (Å²) in [5.74, 6) is -1.05. The summed E-state index contributed by atoms with van der Waals surface area (Å²) in [6.45, 7) is 7.02. The highest BCUT2D eigenvalue weighted by molar-refractivity contribution is 5.75. The molecule has 1 saturated carbocycles. The van der Waals surface area contributed by atoms with Crippen LogP contribution in [0.5, 0.6) is 0 Å². The van der Waals surface area contributed by atoms with Gasteiger partial charge in [0.25, 0.3) is 0 Å². The summed E-state index contributed by atoms with van der Waals surface area (Å²) in [5.41, 5.74) is 0.210. The third kappa shape index (κ3) is 5.80. The molecule has 0 aromatic rings. The van der Waals surface area contributed by atoms with Gasteiger partial charge in [-0.3, -0.25) is 4.79 Å². The summed E-state index contributed by atoms with van der Waals surface area (Å²) >= 11 is 0. The van der Waals surface area contributed by atoms with Crippen molar-refractivity contribution in [3.63, 3.8) is 0 Å². The average molecular weight is 284 g/mol. The third-order valence-corrected chi connectivity index (χ3v) is 4.10. The molecule has 2 amide bonds. The monoisotopic (exact) mass is 284 g/mol. The second kappa shape index (κ2) is 7.50. The van der Waals surface area contributed by atoms with E-state index in [4.69, 9.17) is 5.11 Å². The van der Waals surface area contributed by atoms with Crippen molar-refractivity contribution in [2.75, 3.05) is 13.1 Å². The predicted molar refractivity (Wildman–Crippen MR) is 78.6 cm³/mol. The number of carboxylic acid groups (broad SMARTS) is 1. The third-order valence-electron chi connectivity index (χ3n) is 4.10. The number of hydrogen-bond acceptors (Lipinski definition) is 2. The zero-order valence-electron chi connectivity index (χ0n) is 12.9. The molecule has 1 aliphatic carbocycles. The molecular weight excluding hydrogens is 256 g/mol. The highest BCUT2D eigenvalue weighted by Gasteiger charge is 2.29. The molecule has 1 fully saturated rings. The Morgan fingerprint density at radius 2 is 1.80 bits per heavy atom. The van der Waals surface area contributed by atoms with Crippen LogP contribution in [0.3, 0.4) is 0 Å². The van der Waals surface area contributed by atoms with Crippen molar-refractivity contribution in [3.8, 4) is 0 Å². The zero-order chi connectivity index (χ0) is 15.2. The van der Waals surface area contributed by atoms with E-state index in [-0.39, 0.29) is 18.0 Å². The Balaban J connectivity index is 2.28. The summed E-state index contributed by atoms with van der Waals surface area (Å²) in [6.07, 6.45) is 5.34. The number of carbonyl (C=O) groups excluding carboxylic acids is 1. The Bertz CT molecular complexity index is 336. The topological polar surface area (TPSA) is 78.4 Å². The van der Waals surface area contributed by atoms with Gasteiger partial charge in [0.1, 0.15) is 0 Å². The number of carboxylic acids is 1. The SMILES string of the molecule is CC(C)CC(CNC(=O)NCC1(C)CCCC1)C(=O)O. The second-order valence-corrected chi connectivity index (χ2v) is 6.75. The predicted octanol–water partition coefficient (Wildman–Crippen LogP) is 2.61. The van der Waals surface area contributed by atoms with Gasteiger partial charge < -0.3 is 15.7 Å². The Morgan fingerprint density at radius 1 is 1.20 bits per heavy atom. The lowest BCUT2D eigenvalue weighted by atomic mass is 9.89. The fourth-order valence-electron chi connectivity index (χ4n) is 2.82. The van der Waals surface area contributed by atoms with Crippen LogP contribution in [0.15, 0.2) is 0 Å². The van der Waals surface area contributed by atoms with Crippen molar-refractivity contribution in [1.29, 1.82) is 0 Å². The highest BCUT2D eigenvalue weighted by atomic mass is 16.4. The van der Waals surface area contributed by atoms with Gasteiger partial charge in [0.2, 0.25) is 0 Å². The molecule has 0 spiro atoms. The minimum absolute atomic E-state index is 0.191. The van der Waals surface area contributed by atoms with Crippen LogP contribution in [-0.4, -0.2) is 30.2 Å². The van der Waals surface area contributed by atoms with Crippen molar-refractivity contribution in [3.05, 3.63) is 0 Å². The second-order valence-electron chi connectivity index (χ2n) is 6.75. The molecule has 0 bridgehead atoms. The van der Waals surface area contributed by atoms with E-state index in [1.807, 2.05) is 13.8 Å². The normalized spacial score (nSPS) is 18.8. The van der Waals surface area contributed by atoms with Crippen LogP contribution in [0.4, 0.5) is 4.79 Å². The van der Waals surface area contributed by atoms with E-state index in [9.17, 15) is 9.59 Å². The first kappa shape index (κ1) is 16.8. The van der Waals surface area contributed by atoms with E-state index in [1.165, 1.54) is 12.8 Å². The van der Waals surface area contributed by atoms with Gasteiger partial charge in [0, 0.05) is 13.1 Å². The molecule has 0 aromatic carbocycles. The van der Waals surface area contributed by atoms with Gasteiger partial charge in [-0.2, -0.15) is 0 Å². The van der Waals surface area contributed by atoms with Crippen LogP contribution >= 0.6 is 0 Å². The van der Waals surface area contributed by atoms with E-state index in [2.05, 4.69) is 17.6 Å². The molecule has 5 heteroatoms. The van der Waals surface area contributed by atoms with Gasteiger partial charge >= 0.3 is 12.0 Å². The summed E-state index contributed by atoms with van der Waals surface area (Å²) in [5, 5.41) is 14.7. The Kier molecular flexibility index (Phi) is 6.30. The maximum atomic E-state index is 11.7. The van der Waals surface area contributed by atoms with Gasteiger partial charge in [-0.05, 0) is 30.6 Å². The van der Waals surface area contributed by atoms with E-state index >= 15 is 0 Å². The average Bonchev–Trinajstić information content (AvgIpc) is 2.79. The first-order valence-corrected chi connectivity index (χ1v) is 7.57. The van der Waals surface area contributed by atoms with E-state index in [0.29, 0.717) is 18.9 Å². The molecule has 0 heterocycles.